The first-order valence-corrected chi connectivity index (χ1v) is 7.68. The van der Waals surface area contributed by atoms with Crippen LogP contribution in [0.2, 0.25) is 0 Å². The van der Waals surface area contributed by atoms with Crippen molar-refractivity contribution >= 4 is 11.6 Å². The SMILES string of the molecule is CC1(C)CCCC1NC(=O)CC1CNc2ccccc21. The van der Waals surface area contributed by atoms with Gasteiger partial charge in [-0.2, -0.15) is 0 Å². The van der Waals surface area contributed by atoms with Crippen molar-refractivity contribution in [1.82, 2.24) is 5.32 Å². The monoisotopic (exact) mass is 272 g/mol. The molecule has 1 aromatic rings. The average Bonchev–Trinajstić information content (AvgIpc) is 2.95. The second-order valence-corrected chi connectivity index (χ2v) is 6.87. The summed E-state index contributed by atoms with van der Waals surface area (Å²) in [6.07, 6.45) is 4.16. The zero-order valence-electron chi connectivity index (χ0n) is 12.4. The van der Waals surface area contributed by atoms with E-state index in [2.05, 4.69) is 42.7 Å². The molecule has 2 atom stereocenters. The Hall–Kier alpha value is -1.51. The molecular weight excluding hydrogens is 248 g/mol. The van der Waals surface area contributed by atoms with E-state index in [9.17, 15) is 4.79 Å². The lowest BCUT2D eigenvalue weighted by atomic mass is 9.87. The van der Waals surface area contributed by atoms with Gasteiger partial charge in [-0.1, -0.05) is 38.5 Å². The van der Waals surface area contributed by atoms with E-state index in [1.165, 1.54) is 24.1 Å². The van der Waals surface area contributed by atoms with Gasteiger partial charge in [0.15, 0.2) is 0 Å². The largest absolute Gasteiger partial charge is 0.384 e. The second kappa shape index (κ2) is 5.12. The summed E-state index contributed by atoms with van der Waals surface area (Å²) in [6, 6.07) is 8.66. The normalized spacial score (nSPS) is 26.9. The molecule has 1 aromatic carbocycles. The molecule has 20 heavy (non-hydrogen) atoms. The molecule has 3 nitrogen and oxygen atoms in total. The van der Waals surface area contributed by atoms with Crippen LogP contribution in [0.3, 0.4) is 0 Å². The topological polar surface area (TPSA) is 41.1 Å². The Labute approximate surface area is 121 Å². The molecule has 1 aliphatic carbocycles. The van der Waals surface area contributed by atoms with E-state index >= 15 is 0 Å². The van der Waals surface area contributed by atoms with Crippen LogP contribution in [0.25, 0.3) is 0 Å². The smallest absolute Gasteiger partial charge is 0.220 e. The molecule has 2 N–H and O–H groups in total. The molecular formula is C17H24N2O. The van der Waals surface area contributed by atoms with Gasteiger partial charge >= 0.3 is 0 Å². The van der Waals surface area contributed by atoms with E-state index in [1.54, 1.807) is 0 Å². The minimum atomic E-state index is 0.202. The summed E-state index contributed by atoms with van der Waals surface area (Å²) in [5.41, 5.74) is 2.72. The van der Waals surface area contributed by atoms with Crippen molar-refractivity contribution in [3.63, 3.8) is 0 Å². The number of anilines is 1. The number of rotatable bonds is 3. The third-order valence-electron chi connectivity index (χ3n) is 4.96. The maximum atomic E-state index is 12.3. The number of hydrogen-bond acceptors (Lipinski definition) is 2. The fourth-order valence-corrected chi connectivity index (χ4v) is 3.61. The number of carbonyl (C=O) groups is 1. The first-order valence-electron chi connectivity index (χ1n) is 7.68. The van der Waals surface area contributed by atoms with Gasteiger partial charge in [-0.15, -0.1) is 0 Å². The number of amides is 1. The molecule has 108 valence electrons. The van der Waals surface area contributed by atoms with Crippen LogP contribution in [-0.4, -0.2) is 18.5 Å². The first-order chi connectivity index (χ1) is 9.56. The quantitative estimate of drug-likeness (QED) is 0.886. The van der Waals surface area contributed by atoms with Crippen molar-refractivity contribution in [3.8, 4) is 0 Å². The van der Waals surface area contributed by atoms with Crippen LogP contribution in [0, 0.1) is 5.41 Å². The lowest BCUT2D eigenvalue weighted by Gasteiger charge is -2.28. The fourth-order valence-electron chi connectivity index (χ4n) is 3.61. The number of benzene rings is 1. The average molecular weight is 272 g/mol. The Bertz CT molecular complexity index is 509. The highest BCUT2D eigenvalue weighted by Gasteiger charge is 2.35. The van der Waals surface area contributed by atoms with E-state index in [4.69, 9.17) is 0 Å². The van der Waals surface area contributed by atoms with Crippen LogP contribution >= 0.6 is 0 Å². The van der Waals surface area contributed by atoms with Crippen LogP contribution in [0.5, 0.6) is 0 Å². The maximum Gasteiger partial charge on any atom is 0.220 e. The first kappa shape index (κ1) is 13.5. The Balaban J connectivity index is 1.61. The number of fused-ring (bicyclic) bond motifs is 1. The molecule has 3 heteroatoms. The minimum Gasteiger partial charge on any atom is -0.384 e. The molecule has 1 amide bonds. The zero-order valence-corrected chi connectivity index (χ0v) is 12.4. The summed E-state index contributed by atoms with van der Waals surface area (Å²) in [5.74, 6) is 0.518. The summed E-state index contributed by atoms with van der Waals surface area (Å²) in [7, 11) is 0. The van der Waals surface area contributed by atoms with Crippen LogP contribution < -0.4 is 10.6 Å². The number of para-hydroxylation sites is 1. The molecule has 0 saturated heterocycles. The molecule has 3 rings (SSSR count). The third kappa shape index (κ3) is 2.54. The van der Waals surface area contributed by atoms with Gasteiger partial charge in [0.2, 0.25) is 5.91 Å². The van der Waals surface area contributed by atoms with Crippen LogP contribution in [0.15, 0.2) is 24.3 Å². The Morgan fingerprint density at radius 3 is 2.95 bits per heavy atom. The lowest BCUT2D eigenvalue weighted by molar-refractivity contribution is -0.122. The van der Waals surface area contributed by atoms with Crippen molar-refractivity contribution < 1.29 is 4.79 Å². The van der Waals surface area contributed by atoms with Gasteiger partial charge < -0.3 is 10.6 Å². The molecule has 1 saturated carbocycles. The molecule has 0 spiro atoms. The van der Waals surface area contributed by atoms with Crippen LogP contribution in [0.4, 0.5) is 5.69 Å². The Kier molecular flexibility index (Phi) is 3.45. The highest BCUT2D eigenvalue weighted by atomic mass is 16.1. The summed E-state index contributed by atoms with van der Waals surface area (Å²) in [4.78, 5) is 12.3. The van der Waals surface area contributed by atoms with Gasteiger partial charge in [0, 0.05) is 30.6 Å². The lowest BCUT2D eigenvalue weighted by Crippen LogP contribution is -2.42. The maximum absolute atomic E-state index is 12.3. The van der Waals surface area contributed by atoms with E-state index in [0.717, 1.165) is 13.0 Å². The van der Waals surface area contributed by atoms with Gasteiger partial charge in [0.25, 0.3) is 0 Å². The third-order valence-corrected chi connectivity index (χ3v) is 4.96. The van der Waals surface area contributed by atoms with Gasteiger partial charge in [0.05, 0.1) is 0 Å². The predicted octanol–water partition coefficient (Wildman–Crippen LogP) is 3.28. The molecule has 0 bridgehead atoms. The molecule has 2 unspecified atom stereocenters. The van der Waals surface area contributed by atoms with Gasteiger partial charge in [-0.3, -0.25) is 4.79 Å². The number of carbonyl (C=O) groups excluding carboxylic acids is 1. The molecule has 1 heterocycles. The highest BCUT2D eigenvalue weighted by Crippen LogP contribution is 2.38. The molecule has 1 fully saturated rings. The number of nitrogens with one attached hydrogen (secondary N) is 2. The summed E-state index contributed by atoms with van der Waals surface area (Å²) < 4.78 is 0. The summed E-state index contributed by atoms with van der Waals surface area (Å²) in [5, 5.41) is 6.65. The van der Waals surface area contributed by atoms with E-state index < -0.39 is 0 Å². The fraction of sp³-hybridized carbons (Fsp3) is 0.588. The van der Waals surface area contributed by atoms with Crippen molar-refractivity contribution in [3.05, 3.63) is 29.8 Å². The van der Waals surface area contributed by atoms with E-state index in [1.807, 2.05) is 6.07 Å². The number of hydrogen-bond donors (Lipinski definition) is 2. The standard InChI is InChI=1S/C17H24N2O/c1-17(2)9-5-8-15(17)19-16(20)10-12-11-18-14-7-4-3-6-13(12)14/h3-4,6-7,12,15,18H,5,8-11H2,1-2H3,(H,19,20). The van der Waals surface area contributed by atoms with E-state index in [0.29, 0.717) is 18.4 Å². The predicted molar refractivity (Wildman–Crippen MR) is 81.9 cm³/mol. The van der Waals surface area contributed by atoms with Gasteiger partial charge in [-0.05, 0) is 29.9 Å². The van der Waals surface area contributed by atoms with E-state index in [-0.39, 0.29) is 11.3 Å². The van der Waals surface area contributed by atoms with Gasteiger partial charge in [0.1, 0.15) is 0 Å². The van der Waals surface area contributed by atoms with Crippen LogP contribution in [-0.2, 0) is 4.79 Å². The highest BCUT2D eigenvalue weighted by molar-refractivity contribution is 5.78. The summed E-state index contributed by atoms with van der Waals surface area (Å²) >= 11 is 0. The Morgan fingerprint density at radius 2 is 2.20 bits per heavy atom. The van der Waals surface area contributed by atoms with Crippen molar-refractivity contribution in [2.45, 2.75) is 51.5 Å². The second-order valence-electron chi connectivity index (χ2n) is 6.87. The molecule has 1 aliphatic heterocycles. The van der Waals surface area contributed by atoms with Gasteiger partial charge in [-0.25, -0.2) is 0 Å². The molecule has 0 aromatic heterocycles. The van der Waals surface area contributed by atoms with Crippen molar-refractivity contribution in [2.75, 3.05) is 11.9 Å². The molecule has 2 aliphatic rings. The minimum absolute atomic E-state index is 0.202. The summed E-state index contributed by atoms with van der Waals surface area (Å²) in [6.45, 7) is 5.40. The van der Waals surface area contributed by atoms with Crippen LogP contribution in [0.1, 0.15) is 51.0 Å². The Morgan fingerprint density at radius 1 is 1.40 bits per heavy atom. The van der Waals surface area contributed by atoms with Crippen molar-refractivity contribution in [1.29, 1.82) is 0 Å². The van der Waals surface area contributed by atoms with Crippen molar-refractivity contribution in [2.24, 2.45) is 5.41 Å². The zero-order chi connectivity index (χ0) is 14.2. The molecule has 0 radical (unpaired) electrons.